The number of esters is 2. The molecule has 0 fully saturated rings. The van der Waals surface area contributed by atoms with E-state index in [1.807, 2.05) is 13.8 Å². The molecular formula is C9H12O4S. The lowest BCUT2D eigenvalue weighted by Gasteiger charge is -1.83. The maximum atomic E-state index is 10.7. The maximum absolute atomic E-state index is 10.7. The lowest BCUT2D eigenvalue weighted by Crippen LogP contribution is -1.97. The number of ether oxygens (including phenoxy) is 1. The topological polar surface area (TPSA) is 63.6 Å². The lowest BCUT2D eigenvalue weighted by molar-refractivity contribution is 0.0445. The summed E-state index contributed by atoms with van der Waals surface area (Å²) in [7, 11) is 1.00. The summed E-state index contributed by atoms with van der Waals surface area (Å²) in [5, 5.41) is 8.70. The van der Waals surface area contributed by atoms with Gasteiger partial charge in [0.15, 0.2) is 0 Å². The maximum Gasteiger partial charge on any atom is 0.357 e. The molecular weight excluding hydrogens is 204 g/mol. The van der Waals surface area contributed by atoms with E-state index >= 15 is 0 Å². The normalized spacial score (nSPS) is 11.7. The van der Waals surface area contributed by atoms with Gasteiger partial charge in [-0.2, -0.15) is 0 Å². The number of hydrogen-bond acceptors (Lipinski definition) is 5. The molecule has 14 heavy (non-hydrogen) atoms. The van der Waals surface area contributed by atoms with Gasteiger partial charge in [-0.15, -0.1) is 11.3 Å². The van der Waals surface area contributed by atoms with E-state index < -0.39 is 11.9 Å². The van der Waals surface area contributed by atoms with Crippen molar-refractivity contribution in [2.24, 2.45) is 0 Å². The molecule has 0 aromatic carbocycles. The van der Waals surface area contributed by atoms with E-state index in [4.69, 9.17) is 5.11 Å². The van der Waals surface area contributed by atoms with Crippen LogP contribution in [-0.2, 0) is 4.74 Å². The molecule has 2 heterocycles. The molecule has 0 amide bonds. The first kappa shape index (κ1) is 12.8. The molecule has 0 atom stereocenters. The van der Waals surface area contributed by atoms with Crippen molar-refractivity contribution in [3.05, 3.63) is 21.9 Å². The van der Waals surface area contributed by atoms with E-state index in [-0.39, 0.29) is 0 Å². The summed E-state index contributed by atoms with van der Waals surface area (Å²) >= 11 is 1.23. The Hall–Kier alpha value is -1.20. The van der Waals surface area contributed by atoms with Crippen molar-refractivity contribution in [1.82, 2.24) is 0 Å². The highest BCUT2D eigenvalue weighted by molar-refractivity contribution is 7.12. The number of thiophene rings is 1. The predicted molar refractivity (Wildman–Crippen MR) is 53.6 cm³/mol. The molecule has 0 saturated carbocycles. The zero-order valence-electron chi connectivity index (χ0n) is 8.23. The van der Waals surface area contributed by atoms with Gasteiger partial charge in [0.25, 0.3) is 0 Å². The Kier molecular flexibility index (Phi) is 5.74. The Balaban J connectivity index is 0.000000379. The molecule has 5 heteroatoms. The summed E-state index contributed by atoms with van der Waals surface area (Å²) < 4.78 is 4.30. The highest BCUT2D eigenvalue weighted by Gasteiger charge is 2.30. The number of carbonyl (C=O) groups excluding carboxylic acids is 2. The average molecular weight is 216 g/mol. The number of hydrogen-bond donors (Lipinski definition) is 1. The molecule has 2 rings (SSSR count). The van der Waals surface area contributed by atoms with Gasteiger partial charge in [-0.05, 0) is 11.4 Å². The van der Waals surface area contributed by atoms with E-state index in [9.17, 15) is 9.59 Å². The Morgan fingerprint density at radius 1 is 1.21 bits per heavy atom. The number of carbonyl (C=O) groups is 2. The molecule has 1 aromatic rings. The van der Waals surface area contributed by atoms with Gasteiger partial charge in [0.2, 0.25) is 0 Å². The monoisotopic (exact) mass is 216 g/mol. The van der Waals surface area contributed by atoms with Crippen LogP contribution in [-0.4, -0.2) is 24.2 Å². The fourth-order valence-corrected chi connectivity index (χ4v) is 1.57. The molecule has 0 aliphatic carbocycles. The van der Waals surface area contributed by atoms with Crippen LogP contribution in [0.3, 0.4) is 0 Å². The second-order valence-corrected chi connectivity index (χ2v) is 2.76. The van der Waals surface area contributed by atoms with Crippen LogP contribution in [0, 0.1) is 0 Å². The highest BCUT2D eigenvalue weighted by Crippen LogP contribution is 2.24. The predicted octanol–water partition coefficient (Wildman–Crippen LogP) is 1.69. The summed E-state index contributed by atoms with van der Waals surface area (Å²) in [6, 6.07) is 1.59. The summed E-state index contributed by atoms with van der Waals surface area (Å²) in [6.45, 7) is 4.00. The zero-order valence-corrected chi connectivity index (χ0v) is 9.05. The number of aliphatic hydroxyl groups excluding tert-OH is 1. The first-order chi connectivity index (χ1) is 6.79. The molecule has 1 aromatic heterocycles. The molecule has 1 aliphatic heterocycles. The van der Waals surface area contributed by atoms with Crippen LogP contribution in [0.2, 0.25) is 0 Å². The van der Waals surface area contributed by atoms with Gasteiger partial charge in [0, 0.05) is 7.11 Å². The number of aliphatic hydroxyl groups is 1. The molecule has 78 valence electrons. The van der Waals surface area contributed by atoms with E-state index in [1.54, 1.807) is 11.4 Å². The van der Waals surface area contributed by atoms with Crippen LogP contribution in [0.1, 0.15) is 33.9 Å². The van der Waals surface area contributed by atoms with Crippen molar-refractivity contribution >= 4 is 23.3 Å². The fraction of sp³-hybridized carbons (Fsp3) is 0.333. The Bertz CT molecular complexity index is 288. The standard InChI is InChI=1S/C6H2O3S.C2H6.CH4O/c7-5-3-1-2-10-4(3)6(8)9-5;2*1-2/h1-2H;1-2H3;2H,1H3. The van der Waals surface area contributed by atoms with Crippen LogP contribution in [0.15, 0.2) is 11.4 Å². The largest absolute Gasteiger partial charge is 0.400 e. The molecule has 0 saturated heterocycles. The lowest BCUT2D eigenvalue weighted by atomic mass is 10.3. The average Bonchev–Trinajstić information content (AvgIpc) is 2.80. The minimum Gasteiger partial charge on any atom is -0.400 e. The first-order valence-electron chi connectivity index (χ1n) is 4.08. The van der Waals surface area contributed by atoms with Crippen LogP contribution in [0.4, 0.5) is 0 Å². The zero-order chi connectivity index (χ0) is 11.1. The summed E-state index contributed by atoms with van der Waals surface area (Å²) in [4.78, 5) is 21.8. The number of cyclic esters (lactones) is 2. The van der Waals surface area contributed by atoms with Crippen molar-refractivity contribution in [3.63, 3.8) is 0 Å². The quantitative estimate of drug-likeness (QED) is 0.529. The fourth-order valence-electron chi connectivity index (χ4n) is 0.814. The summed E-state index contributed by atoms with van der Waals surface area (Å²) in [6.07, 6.45) is 0. The molecule has 1 N–H and O–H groups in total. The number of fused-ring (bicyclic) bond motifs is 1. The third kappa shape index (κ3) is 2.40. The molecule has 0 unspecified atom stereocenters. The van der Waals surface area contributed by atoms with Gasteiger partial charge < -0.3 is 9.84 Å². The molecule has 4 nitrogen and oxygen atoms in total. The first-order valence-corrected chi connectivity index (χ1v) is 4.96. The SMILES string of the molecule is CC.CO.O=C1OC(=O)c2sccc21. The van der Waals surface area contributed by atoms with Gasteiger partial charge >= 0.3 is 11.9 Å². The van der Waals surface area contributed by atoms with Gasteiger partial charge in [0.1, 0.15) is 4.88 Å². The minimum atomic E-state index is -0.527. The van der Waals surface area contributed by atoms with E-state index in [0.717, 1.165) is 7.11 Å². The third-order valence-corrected chi connectivity index (χ3v) is 2.15. The van der Waals surface area contributed by atoms with Crippen molar-refractivity contribution < 1.29 is 19.4 Å². The van der Waals surface area contributed by atoms with E-state index in [2.05, 4.69) is 4.74 Å². The highest BCUT2D eigenvalue weighted by atomic mass is 32.1. The van der Waals surface area contributed by atoms with Crippen LogP contribution in [0.25, 0.3) is 0 Å². The second-order valence-electron chi connectivity index (χ2n) is 1.84. The van der Waals surface area contributed by atoms with Crippen LogP contribution >= 0.6 is 11.3 Å². The van der Waals surface area contributed by atoms with Crippen LogP contribution < -0.4 is 0 Å². The second kappa shape index (κ2) is 6.28. The smallest absolute Gasteiger partial charge is 0.357 e. The van der Waals surface area contributed by atoms with Crippen LogP contribution in [0.5, 0.6) is 0 Å². The Morgan fingerprint density at radius 3 is 2.29 bits per heavy atom. The van der Waals surface area contributed by atoms with Crippen molar-refractivity contribution in [2.75, 3.05) is 7.11 Å². The summed E-state index contributed by atoms with van der Waals surface area (Å²) in [5.41, 5.74) is 0.398. The molecule has 0 spiro atoms. The van der Waals surface area contributed by atoms with Crippen molar-refractivity contribution in [2.45, 2.75) is 13.8 Å². The van der Waals surface area contributed by atoms with Crippen molar-refractivity contribution in [1.29, 1.82) is 0 Å². The van der Waals surface area contributed by atoms with Gasteiger partial charge in [0.05, 0.1) is 5.56 Å². The Morgan fingerprint density at radius 2 is 1.79 bits per heavy atom. The van der Waals surface area contributed by atoms with Gasteiger partial charge in [-0.1, -0.05) is 13.8 Å². The molecule has 0 bridgehead atoms. The molecule has 1 aliphatic rings. The third-order valence-electron chi connectivity index (χ3n) is 1.26. The number of rotatable bonds is 0. The van der Waals surface area contributed by atoms with E-state index in [0.29, 0.717) is 10.4 Å². The summed E-state index contributed by atoms with van der Waals surface area (Å²) in [5.74, 6) is -1.05. The minimum absolute atomic E-state index is 0.398. The van der Waals surface area contributed by atoms with Crippen molar-refractivity contribution in [3.8, 4) is 0 Å². The van der Waals surface area contributed by atoms with Gasteiger partial charge in [-0.25, -0.2) is 9.59 Å². The van der Waals surface area contributed by atoms with E-state index in [1.165, 1.54) is 11.3 Å². The van der Waals surface area contributed by atoms with Gasteiger partial charge in [-0.3, -0.25) is 0 Å². The molecule has 0 radical (unpaired) electrons. The Labute approximate surface area is 86.1 Å².